The van der Waals surface area contributed by atoms with Crippen LogP contribution in [-0.2, 0) is 16.1 Å². The maximum Gasteiger partial charge on any atom is 0.233 e. The number of rotatable bonds is 4. The van der Waals surface area contributed by atoms with Crippen LogP contribution < -0.4 is 5.73 Å². The van der Waals surface area contributed by atoms with Crippen LogP contribution in [0.2, 0.25) is 0 Å². The van der Waals surface area contributed by atoms with E-state index in [4.69, 9.17) is 10.5 Å². The topological polar surface area (TPSA) is 55.6 Å². The molecule has 1 heterocycles. The molecule has 1 aliphatic rings. The van der Waals surface area contributed by atoms with Gasteiger partial charge in [-0.05, 0) is 26.3 Å². The van der Waals surface area contributed by atoms with Gasteiger partial charge in [0.05, 0.1) is 18.6 Å². The summed E-state index contributed by atoms with van der Waals surface area (Å²) < 4.78 is 5.40. The third-order valence-electron chi connectivity index (χ3n) is 4.09. The summed E-state index contributed by atoms with van der Waals surface area (Å²) in [7, 11) is 0. The van der Waals surface area contributed by atoms with Crippen LogP contribution in [0.1, 0.15) is 26.3 Å². The molecule has 1 fully saturated rings. The van der Waals surface area contributed by atoms with Gasteiger partial charge in [-0.3, -0.25) is 4.79 Å². The highest BCUT2D eigenvalue weighted by Gasteiger charge is 2.46. The molecule has 0 saturated carbocycles. The van der Waals surface area contributed by atoms with Crippen LogP contribution in [0.3, 0.4) is 0 Å². The predicted molar refractivity (Wildman–Crippen MR) is 79.0 cm³/mol. The van der Waals surface area contributed by atoms with Gasteiger partial charge >= 0.3 is 0 Å². The van der Waals surface area contributed by atoms with Crippen molar-refractivity contribution in [3.8, 4) is 0 Å². The predicted octanol–water partition coefficient (Wildman–Crippen LogP) is 1.79. The molecule has 110 valence electrons. The number of nitrogens with zero attached hydrogens (tertiary/aromatic N) is 1. The number of carbonyl (C=O) groups excluding carboxylic acids is 1. The Morgan fingerprint density at radius 1 is 1.45 bits per heavy atom. The molecular formula is C16H24N2O2. The van der Waals surface area contributed by atoms with Gasteiger partial charge in [-0.1, -0.05) is 30.3 Å². The molecule has 2 N–H and O–H groups in total. The second kappa shape index (κ2) is 5.94. The van der Waals surface area contributed by atoms with Gasteiger partial charge in [-0.15, -0.1) is 0 Å². The van der Waals surface area contributed by atoms with E-state index in [1.54, 1.807) is 0 Å². The first-order valence-electron chi connectivity index (χ1n) is 7.13. The molecule has 0 bridgehead atoms. The van der Waals surface area contributed by atoms with Gasteiger partial charge < -0.3 is 15.4 Å². The molecule has 0 aliphatic carbocycles. The number of carbonyl (C=O) groups is 1. The van der Waals surface area contributed by atoms with Crippen molar-refractivity contribution in [1.82, 2.24) is 4.90 Å². The highest BCUT2D eigenvalue weighted by atomic mass is 16.5. The minimum absolute atomic E-state index is 0.0846. The van der Waals surface area contributed by atoms with E-state index in [9.17, 15) is 4.79 Å². The molecule has 1 aromatic carbocycles. The maximum atomic E-state index is 12.9. The van der Waals surface area contributed by atoms with Gasteiger partial charge in [0.1, 0.15) is 0 Å². The molecule has 1 saturated heterocycles. The first-order valence-corrected chi connectivity index (χ1v) is 7.13. The number of ether oxygens (including phenoxy) is 1. The highest BCUT2D eigenvalue weighted by molar-refractivity contribution is 5.84. The van der Waals surface area contributed by atoms with Crippen molar-refractivity contribution in [3.05, 3.63) is 35.9 Å². The van der Waals surface area contributed by atoms with Gasteiger partial charge in [0, 0.05) is 18.6 Å². The summed E-state index contributed by atoms with van der Waals surface area (Å²) in [5.41, 5.74) is 6.59. The second-order valence-electron chi connectivity index (χ2n) is 6.05. The molecule has 0 aromatic heterocycles. The van der Waals surface area contributed by atoms with Crippen molar-refractivity contribution in [1.29, 1.82) is 0 Å². The standard InChI is InChI=1S/C16H24N2O2/c1-12(2)18(9-13-7-5-4-6-8-13)15(19)16(3)11-20-10-14(16)17/h4-8,12,14H,9-11,17H2,1-3H3. The lowest BCUT2D eigenvalue weighted by molar-refractivity contribution is -0.144. The van der Waals surface area contributed by atoms with Crippen LogP contribution >= 0.6 is 0 Å². The molecular weight excluding hydrogens is 252 g/mol. The van der Waals surface area contributed by atoms with E-state index < -0.39 is 5.41 Å². The van der Waals surface area contributed by atoms with Gasteiger partial charge in [-0.25, -0.2) is 0 Å². The Labute approximate surface area is 120 Å². The van der Waals surface area contributed by atoms with E-state index in [2.05, 4.69) is 0 Å². The maximum absolute atomic E-state index is 12.9. The lowest BCUT2D eigenvalue weighted by atomic mass is 9.83. The molecule has 1 amide bonds. The van der Waals surface area contributed by atoms with Crippen LogP contribution in [0, 0.1) is 5.41 Å². The zero-order valence-electron chi connectivity index (χ0n) is 12.5. The van der Waals surface area contributed by atoms with Crippen molar-refractivity contribution >= 4 is 5.91 Å². The lowest BCUT2D eigenvalue weighted by Crippen LogP contribution is -2.53. The minimum Gasteiger partial charge on any atom is -0.379 e. The molecule has 0 radical (unpaired) electrons. The Hall–Kier alpha value is -1.39. The van der Waals surface area contributed by atoms with Gasteiger partial charge in [0.25, 0.3) is 0 Å². The van der Waals surface area contributed by atoms with Crippen LogP contribution in [0.4, 0.5) is 0 Å². The first-order chi connectivity index (χ1) is 9.45. The molecule has 2 unspecified atom stereocenters. The summed E-state index contributed by atoms with van der Waals surface area (Å²) in [4.78, 5) is 14.8. The Bertz CT molecular complexity index is 461. The Kier molecular flexibility index (Phi) is 4.45. The van der Waals surface area contributed by atoms with Gasteiger partial charge in [0.2, 0.25) is 5.91 Å². The van der Waals surface area contributed by atoms with Crippen molar-refractivity contribution in [3.63, 3.8) is 0 Å². The normalized spacial score (nSPS) is 25.9. The highest BCUT2D eigenvalue weighted by Crippen LogP contribution is 2.30. The van der Waals surface area contributed by atoms with Crippen LogP contribution in [-0.4, -0.2) is 36.1 Å². The third-order valence-corrected chi connectivity index (χ3v) is 4.09. The fraction of sp³-hybridized carbons (Fsp3) is 0.562. The van der Waals surface area contributed by atoms with E-state index >= 15 is 0 Å². The van der Waals surface area contributed by atoms with Gasteiger partial charge in [0.15, 0.2) is 0 Å². The second-order valence-corrected chi connectivity index (χ2v) is 6.05. The number of amides is 1. The minimum atomic E-state index is -0.612. The fourth-order valence-corrected chi connectivity index (χ4v) is 2.51. The van der Waals surface area contributed by atoms with E-state index in [0.717, 1.165) is 5.56 Å². The molecule has 2 atom stereocenters. The lowest BCUT2D eigenvalue weighted by Gasteiger charge is -2.35. The SMILES string of the molecule is CC(C)N(Cc1ccccc1)C(=O)C1(C)COCC1N. The van der Waals surface area contributed by atoms with Crippen molar-refractivity contribution in [2.45, 2.75) is 39.4 Å². The zero-order chi connectivity index (χ0) is 14.8. The van der Waals surface area contributed by atoms with Crippen LogP contribution in [0.25, 0.3) is 0 Å². The first kappa shape index (κ1) is 15.0. The van der Waals surface area contributed by atoms with E-state index in [0.29, 0.717) is 19.8 Å². The number of benzene rings is 1. The van der Waals surface area contributed by atoms with Crippen molar-refractivity contribution in [2.75, 3.05) is 13.2 Å². The smallest absolute Gasteiger partial charge is 0.233 e. The van der Waals surface area contributed by atoms with E-state index in [-0.39, 0.29) is 18.0 Å². The largest absolute Gasteiger partial charge is 0.379 e. The Balaban J connectivity index is 2.19. The number of hydrogen-bond acceptors (Lipinski definition) is 3. The van der Waals surface area contributed by atoms with E-state index in [1.807, 2.05) is 56.0 Å². The molecule has 4 heteroatoms. The molecule has 20 heavy (non-hydrogen) atoms. The summed E-state index contributed by atoms with van der Waals surface area (Å²) in [6, 6.07) is 9.94. The van der Waals surface area contributed by atoms with Gasteiger partial charge in [-0.2, -0.15) is 0 Å². The zero-order valence-corrected chi connectivity index (χ0v) is 12.5. The van der Waals surface area contributed by atoms with Crippen LogP contribution in [0.15, 0.2) is 30.3 Å². The fourth-order valence-electron chi connectivity index (χ4n) is 2.51. The molecule has 4 nitrogen and oxygen atoms in total. The molecule has 1 aliphatic heterocycles. The number of hydrogen-bond donors (Lipinski definition) is 1. The summed E-state index contributed by atoms with van der Waals surface area (Å²) in [5, 5.41) is 0. The molecule has 1 aromatic rings. The Morgan fingerprint density at radius 2 is 2.10 bits per heavy atom. The quantitative estimate of drug-likeness (QED) is 0.912. The van der Waals surface area contributed by atoms with Crippen molar-refractivity contribution < 1.29 is 9.53 Å². The van der Waals surface area contributed by atoms with Crippen molar-refractivity contribution in [2.24, 2.45) is 11.1 Å². The summed E-state index contributed by atoms with van der Waals surface area (Å²) in [6.45, 7) is 7.45. The van der Waals surface area contributed by atoms with E-state index in [1.165, 1.54) is 0 Å². The summed E-state index contributed by atoms with van der Waals surface area (Å²) in [5.74, 6) is 0.0846. The third kappa shape index (κ3) is 2.86. The average molecular weight is 276 g/mol. The Morgan fingerprint density at radius 3 is 2.60 bits per heavy atom. The molecule has 2 rings (SSSR count). The summed E-state index contributed by atoms with van der Waals surface area (Å²) >= 11 is 0. The number of nitrogens with two attached hydrogens (primary N) is 1. The monoisotopic (exact) mass is 276 g/mol. The average Bonchev–Trinajstić information content (AvgIpc) is 2.77. The summed E-state index contributed by atoms with van der Waals surface area (Å²) in [6.07, 6.45) is 0. The molecule has 0 spiro atoms. The van der Waals surface area contributed by atoms with Crippen LogP contribution in [0.5, 0.6) is 0 Å².